The molecule has 1 aliphatic heterocycles. The normalized spacial score (nSPS) is 17.2. The highest BCUT2D eigenvalue weighted by molar-refractivity contribution is 9.10. The molecule has 0 radical (unpaired) electrons. The molecule has 1 fully saturated rings. The van der Waals surface area contributed by atoms with Crippen LogP contribution in [0.1, 0.15) is 48.0 Å². The molecule has 0 aliphatic carbocycles. The van der Waals surface area contributed by atoms with Crippen molar-refractivity contribution in [2.24, 2.45) is 0 Å². The SMILES string of the molecule is O=C(c1ccc(Br)c(C(F)(F)F)c1)N1CCCCCCC1. The topological polar surface area (TPSA) is 20.3 Å². The standard InChI is InChI=1S/C15H17BrF3NO/c16-13-7-6-11(10-12(13)15(17,18)19)14(21)20-8-4-2-1-3-5-9-20/h6-7,10H,1-5,8-9H2. The average Bonchev–Trinajstić information content (AvgIpc) is 2.36. The first-order chi connectivity index (χ1) is 9.89. The molecule has 0 spiro atoms. The Morgan fingerprint density at radius 2 is 1.62 bits per heavy atom. The van der Waals surface area contributed by atoms with Gasteiger partial charge in [0.05, 0.1) is 5.56 Å². The monoisotopic (exact) mass is 363 g/mol. The molecule has 0 atom stereocenters. The minimum atomic E-state index is -4.47. The molecule has 6 heteroatoms. The first-order valence-corrected chi connectivity index (χ1v) is 7.85. The molecule has 1 heterocycles. The number of alkyl halides is 3. The van der Waals surface area contributed by atoms with Crippen molar-refractivity contribution in [2.75, 3.05) is 13.1 Å². The Morgan fingerprint density at radius 1 is 1.05 bits per heavy atom. The van der Waals surface area contributed by atoms with Crippen LogP contribution >= 0.6 is 15.9 Å². The van der Waals surface area contributed by atoms with Gasteiger partial charge in [-0.1, -0.05) is 35.2 Å². The van der Waals surface area contributed by atoms with Crippen molar-refractivity contribution in [3.8, 4) is 0 Å². The van der Waals surface area contributed by atoms with Gasteiger partial charge in [0.2, 0.25) is 0 Å². The zero-order valence-corrected chi connectivity index (χ0v) is 13.1. The number of likely N-dealkylation sites (tertiary alicyclic amines) is 1. The van der Waals surface area contributed by atoms with Crippen molar-refractivity contribution in [3.63, 3.8) is 0 Å². The summed E-state index contributed by atoms with van der Waals surface area (Å²) in [5.74, 6) is -0.310. The van der Waals surface area contributed by atoms with E-state index in [1.54, 1.807) is 4.90 Å². The highest BCUT2D eigenvalue weighted by atomic mass is 79.9. The molecule has 2 nitrogen and oxygen atoms in total. The van der Waals surface area contributed by atoms with Crippen molar-refractivity contribution in [1.82, 2.24) is 4.90 Å². The lowest BCUT2D eigenvalue weighted by Crippen LogP contribution is -2.34. The number of amides is 1. The number of hydrogen-bond donors (Lipinski definition) is 0. The molecule has 1 aliphatic rings. The van der Waals surface area contributed by atoms with Crippen LogP contribution in [0.25, 0.3) is 0 Å². The van der Waals surface area contributed by atoms with Gasteiger partial charge in [0.25, 0.3) is 5.91 Å². The zero-order valence-electron chi connectivity index (χ0n) is 11.5. The highest BCUT2D eigenvalue weighted by Crippen LogP contribution is 2.35. The third-order valence-corrected chi connectivity index (χ3v) is 4.35. The van der Waals surface area contributed by atoms with E-state index >= 15 is 0 Å². The second kappa shape index (κ2) is 6.81. The maximum Gasteiger partial charge on any atom is 0.417 e. The molecule has 116 valence electrons. The van der Waals surface area contributed by atoms with Crippen LogP contribution in [-0.4, -0.2) is 23.9 Å². The smallest absolute Gasteiger partial charge is 0.339 e. The minimum absolute atomic E-state index is 0.0424. The van der Waals surface area contributed by atoms with Gasteiger partial charge in [-0.3, -0.25) is 4.79 Å². The van der Waals surface area contributed by atoms with Crippen molar-refractivity contribution in [2.45, 2.75) is 38.3 Å². The fraction of sp³-hybridized carbons (Fsp3) is 0.533. The first-order valence-electron chi connectivity index (χ1n) is 7.05. The lowest BCUT2D eigenvalue weighted by Gasteiger charge is -2.25. The molecule has 1 amide bonds. The van der Waals surface area contributed by atoms with Gasteiger partial charge in [-0.15, -0.1) is 0 Å². The van der Waals surface area contributed by atoms with Crippen LogP contribution in [-0.2, 0) is 6.18 Å². The molecule has 0 bridgehead atoms. The third kappa shape index (κ3) is 4.22. The maximum absolute atomic E-state index is 12.9. The maximum atomic E-state index is 12.9. The van der Waals surface area contributed by atoms with Crippen LogP contribution in [0.4, 0.5) is 13.2 Å². The van der Waals surface area contributed by atoms with E-state index in [0.717, 1.165) is 31.7 Å². The molecule has 1 aromatic rings. The summed E-state index contributed by atoms with van der Waals surface area (Å²) in [6.07, 6.45) is 0.655. The molecule has 21 heavy (non-hydrogen) atoms. The first kappa shape index (κ1) is 16.3. The molecule has 0 aromatic heterocycles. The third-order valence-electron chi connectivity index (χ3n) is 3.66. The Bertz CT molecular complexity index is 508. The number of halogens is 4. The van der Waals surface area contributed by atoms with E-state index in [1.807, 2.05) is 0 Å². The summed E-state index contributed by atoms with van der Waals surface area (Å²) in [6, 6.07) is 3.67. The van der Waals surface area contributed by atoms with E-state index in [-0.39, 0.29) is 15.9 Å². The lowest BCUT2D eigenvalue weighted by molar-refractivity contribution is -0.138. The second-order valence-electron chi connectivity index (χ2n) is 5.25. The van der Waals surface area contributed by atoms with Crippen molar-refractivity contribution < 1.29 is 18.0 Å². The number of benzene rings is 1. The van der Waals surface area contributed by atoms with Gasteiger partial charge in [0, 0.05) is 23.1 Å². The van der Waals surface area contributed by atoms with E-state index in [9.17, 15) is 18.0 Å². The van der Waals surface area contributed by atoms with Gasteiger partial charge < -0.3 is 4.90 Å². The molecule has 0 saturated carbocycles. The van der Waals surface area contributed by atoms with Crippen molar-refractivity contribution in [1.29, 1.82) is 0 Å². The van der Waals surface area contributed by atoms with Crippen LogP contribution < -0.4 is 0 Å². The number of rotatable bonds is 1. The summed E-state index contributed by atoms with van der Waals surface area (Å²) in [5, 5.41) is 0. The predicted molar refractivity (Wildman–Crippen MR) is 78.1 cm³/mol. The molecule has 0 unspecified atom stereocenters. The van der Waals surface area contributed by atoms with Crippen LogP contribution in [0.5, 0.6) is 0 Å². The summed E-state index contributed by atoms with van der Waals surface area (Å²) in [6.45, 7) is 1.24. The Hall–Kier alpha value is -1.04. The molecular formula is C15H17BrF3NO. The number of nitrogens with zero attached hydrogens (tertiary/aromatic N) is 1. The minimum Gasteiger partial charge on any atom is -0.339 e. The second-order valence-corrected chi connectivity index (χ2v) is 6.11. The van der Waals surface area contributed by atoms with Gasteiger partial charge in [0.15, 0.2) is 0 Å². The lowest BCUT2D eigenvalue weighted by atomic mass is 10.1. The van der Waals surface area contributed by atoms with Gasteiger partial charge >= 0.3 is 6.18 Å². The fourth-order valence-corrected chi connectivity index (χ4v) is 2.98. The van der Waals surface area contributed by atoms with Crippen LogP contribution in [0.2, 0.25) is 0 Å². The largest absolute Gasteiger partial charge is 0.417 e. The Labute approximate surface area is 130 Å². The summed E-state index contributed by atoms with van der Waals surface area (Å²) in [5.41, 5.74) is -0.702. The van der Waals surface area contributed by atoms with E-state index < -0.39 is 11.7 Å². The van der Waals surface area contributed by atoms with E-state index in [4.69, 9.17) is 0 Å². The zero-order chi connectivity index (χ0) is 15.5. The number of hydrogen-bond acceptors (Lipinski definition) is 1. The van der Waals surface area contributed by atoms with Gasteiger partial charge in [-0.05, 0) is 31.0 Å². The Morgan fingerprint density at radius 3 is 2.19 bits per heavy atom. The molecule has 1 saturated heterocycles. The van der Waals surface area contributed by atoms with E-state index in [0.29, 0.717) is 13.1 Å². The Balaban J connectivity index is 2.22. The molecular weight excluding hydrogens is 347 g/mol. The van der Waals surface area contributed by atoms with E-state index in [2.05, 4.69) is 15.9 Å². The van der Waals surface area contributed by atoms with Gasteiger partial charge in [-0.25, -0.2) is 0 Å². The number of carbonyl (C=O) groups excluding carboxylic acids is 1. The highest BCUT2D eigenvalue weighted by Gasteiger charge is 2.34. The van der Waals surface area contributed by atoms with Gasteiger partial charge in [-0.2, -0.15) is 13.2 Å². The summed E-state index contributed by atoms with van der Waals surface area (Å²) < 4.78 is 38.7. The van der Waals surface area contributed by atoms with E-state index in [1.165, 1.54) is 18.6 Å². The van der Waals surface area contributed by atoms with Crippen LogP contribution in [0.15, 0.2) is 22.7 Å². The molecule has 0 N–H and O–H groups in total. The summed E-state index contributed by atoms with van der Waals surface area (Å²) >= 11 is 2.89. The molecule has 2 rings (SSSR count). The van der Waals surface area contributed by atoms with Crippen LogP contribution in [0, 0.1) is 0 Å². The molecule has 1 aromatic carbocycles. The predicted octanol–water partition coefficient (Wildman–Crippen LogP) is 4.87. The quantitative estimate of drug-likeness (QED) is 0.696. The number of carbonyl (C=O) groups is 1. The van der Waals surface area contributed by atoms with Crippen molar-refractivity contribution in [3.05, 3.63) is 33.8 Å². The average molecular weight is 364 g/mol. The Kier molecular flexibility index (Phi) is 5.30. The van der Waals surface area contributed by atoms with Crippen LogP contribution in [0.3, 0.4) is 0 Å². The van der Waals surface area contributed by atoms with Gasteiger partial charge in [0.1, 0.15) is 0 Å². The summed E-state index contributed by atoms with van der Waals surface area (Å²) in [4.78, 5) is 14.1. The fourth-order valence-electron chi connectivity index (χ4n) is 2.51. The van der Waals surface area contributed by atoms with Crippen molar-refractivity contribution >= 4 is 21.8 Å². The summed E-state index contributed by atoms with van der Waals surface area (Å²) in [7, 11) is 0.